The van der Waals surface area contributed by atoms with Gasteiger partial charge < -0.3 is 4.74 Å². The van der Waals surface area contributed by atoms with Crippen molar-refractivity contribution in [3.05, 3.63) is 24.4 Å². The standard InChI is InChI=1S/C14H20N2O3S/c17-20(18,14-6-1-2-9-15-14)16-10-7-13(8-11-16)19-12-4-3-5-12/h1-2,6,9,12-13H,3-5,7-8,10-11H2. The van der Waals surface area contributed by atoms with Crippen LogP contribution in [0.3, 0.4) is 0 Å². The summed E-state index contributed by atoms with van der Waals surface area (Å²) in [6.45, 7) is 1.05. The van der Waals surface area contributed by atoms with Crippen molar-refractivity contribution in [2.24, 2.45) is 0 Å². The van der Waals surface area contributed by atoms with Crippen molar-refractivity contribution in [2.45, 2.75) is 49.3 Å². The Morgan fingerprint density at radius 3 is 2.35 bits per heavy atom. The van der Waals surface area contributed by atoms with Gasteiger partial charge in [-0.3, -0.25) is 0 Å². The zero-order valence-electron chi connectivity index (χ0n) is 11.4. The number of pyridine rings is 1. The zero-order chi connectivity index (χ0) is 14.0. The average molecular weight is 296 g/mol. The Balaban J connectivity index is 1.60. The van der Waals surface area contributed by atoms with Gasteiger partial charge in [-0.2, -0.15) is 4.31 Å². The molecule has 1 aliphatic heterocycles. The number of rotatable bonds is 4. The van der Waals surface area contributed by atoms with E-state index < -0.39 is 10.0 Å². The van der Waals surface area contributed by atoms with E-state index in [1.165, 1.54) is 16.9 Å². The molecule has 2 heterocycles. The fourth-order valence-electron chi connectivity index (χ4n) is 2.62. The summed E-state index contributed by atoms with van der Waals surface area (Å²) in [5.74, 6) is 0. The minimum atomic E-state index is -3.44. The van der Waals surface area contributed by atoms with Crippen molar-refractivity contribution in [3.63, 3.8) is 0 Å². The van der Waals surface area contributed by atoms with Crippen molar-refractivity contribution in [3.8, 4) is 0 Å². The second kappa shape index (κ2) is 5.79. The zero-order valence-corrected chi connectivity index (χ0v) is 12.3. The van der Waals surface area contributed by atoms with Gasteiger partial charge in [0.15, 0.2) is 5.03 Å². The van der Waals surface area contributed by atoms with Crippen molar-refractivity contribution < 1.29 is 13.2 Å². The maximum atomic E-state index is 12.4. The number of hydrogen-bond acceptors (Lipinski definition) is 4. The molecule has 1 aromatic rings. The number of hydrogen-bond donors (Lipinski definition) is 0. The van der Waals surface area contributed by atoms with Crippen LogP contribution in [0.15, 0.2) is 29.4 Å². The van der Waals surface area contributed by atoms with E-state index in [-0.39, 0.29) is 11.1 Å². The first-order chi connectivity index (χ1) is 9.66. The van der Waals surface area contributed by atoms with Gasteiger partial charge in [-0.15, -0.1) is 0 Å². The lowest BCUT2D eigenvalue weighted by Crippen LogP contribution is -2.42. The first-order valence-electron chi connectivity index (χ1n) is 7.23. The van der Waals surface area contributed by atoms with Crippen molar-refractivity contribution >= 4 is 10.0 Å². The van der Waals surface area contributed by atoms with Gasteiger partial charge in [0.2, 0.25) is 0 Å². The van der Waals surface area contributed by atoms with Gasteiger partial charge in [0, 0.05) is 19.3 Å². The molecule has 1 aliphatic carbocycles. The van der Waals surface area contributed by atoms with Crippen LogP contribution in [0.1, 0.15) is 32.1 Å². The summed E-state index contributed by atoms with van der Waals surface area (Å²) in [7, 11) is -3.44. The van der Waals surface area contributed by atoms with E-state index in [4.69, 9.17) is 4.74 Å². The molecular weight excluding hydrogens is 276 g/mol. The number of piperidine rings is 1. The fourth-order valence-corrected chi connectivity index (χ4v) is 4.02. The minimum absolute atomic E-state index is 0.137. The third-order valence-electron chi connectivity index (χ3n) is 4.08. The third kappa shape index (κ3) is 2.87. The highest BCUT2D eigenvalue weighted by molar-refractivity contribution is 7.89. The highest BCUT2D eigenvalue weighted by atomic mass is 32.2. The van der Waals surface area contributed by atoms with Gasteiger partial charge in [0.1, 0.15) is 0 Å². The number of ether oxygens (including phenoxy) is 1. The third-order valence-corrected chi connectivity index (χ3v) is 5.90. The molecule has 1 aromatic heterocycles. The molecule has 0 bridgehead atoms. The van der Waals surface area contributed by atoms with Crippen LogP contribution in [0.25, 0.3) is 0 Å². The number of nitrogens with zero attached hydrogens (tertiary/aromatic N) is 2. The molecule has 2 aliphatic rings. The first-order valence-corrected chi connectivity index (χ1v) is 8.67. The van der Waals surface area contributed by atoms with E-state index in [0.29, 0.717) is 19.2 Å². The van der Waals surface area contributed by atoms with Crippen LogP contribution in [0.2, 0.25) is 0 Å². The topological polar surface area (TPSA) is 59.5 Å². The SMILES string of the molecule is O=S(=O)(c1ccccn1)N1CCC(OC2CCC2)CC1. The highest BCUT2D eigenvalue weighted by Crippen LogP contribution is 2.27. The maximum Gasteiger partial charge on any atom is 0.260 e. The molecule has 0 unspecified atom stereocenters. The predicted octanol–water partition coefficient (Wildman–Crippen LogP) is 1.80. The largest absolute Gasteiger partial charge is 0.375 e. The summed E-state index contributed by atoms with van der Waals surface area (Å²) in [4.78, 5) is 3.95. The number of sulfonamides is 1. The Morgan fingerprint density at radius 1 is 1.10 bits per heavy atom. The molecule has 1 saturated heterocycles. The van der Waals surface area contributed by atoms with Gasteiger partial charge in [-0.05, 0) is 44.2 Å². The summed E-state index contributed by atoms with van der Waals surface area (Å²) < 4.78 is 32.3. The lowest BCUT2D eigenvalue weighted by molar-refractivity contribution is -0.0674. The average Bonchev–Trinajstić information content (AvgIpc) is 2.44. The first kappa shape index (κ1) is 14.0. The number of aromatic nitrogens is 1. The predicted molar refractivity (Wildman–Crippen MR) is 74.7 cm³/mol. The summed E-state index contributed by atoms with van der Waals surface area (Å²) >= 11 is 0. The molecule has 0 aromatic carbocycles. The van der Waals surface area contributed by atoms with Gasteiger partial charge in [0.25, 0.3) is 10.0 Å². The fraction of sp³-hybridized carbons (Fsp3) is 0.643. The summed E-state index contributed by atoms with van der Waals surface area (Å²) in [5.41, 5.74) is 0. The normalized spacial score (nSPS) is 22.6. The van der Waals surface area contributed by atoms with E-state index in [1.807, 2.05) is 0 Å². The van der Waals surface area contributed by atoms with Crippen LogP contribution < -0.4 is 0 Å². The highest BCUT2D eigenvalue weighted by Gasteiger charge is 2.32. The molecule has 1 saturated carbocycles. The van der Waals surface area contributed by atoms with E-state index in [1.54, 1.807) is 18.2 Å². The monoisotopic (exact) mass is 296 g/mol. The molecule has 3 rings (SSSR count). The van der Waals surface area contributed by atoms with Crippen molar-refractivity contribution in [1.82, 2.24) is 9.29 Å². The molecule has 5 nitrogen and oxygen atoms in total. The van der Waals surface area contributed by atoms with Crippen LogP contribution in [0.4, 0.5) is 0 Å². The summed E-state index contributed by atoms with van der Waals surface area (Å²) in [6, 6.07) is 4.97. The Hall–Kier alpha value is -0.980. The van der Waals surface area contributed by atoms with E-state index in [9.17, 15) is 8.42 Å². The van der Waals surface area contributed by atoms with E-state index in [2.05, 4.69) is 4.98 Å². The molecular formula is C14H20N2O3S. The van der Waals surface area contributed by atoms with Crippen molar-refractivity contribution in [2.75, 3.05) is 13.1 Å². The lowest BCUT2D eigenvalue weighted by Gasteiger charge is -2.35. The molecule has 0 spiro atoms. The van der Waals surface area contributed by atoms with Gasteiger partial charge >= 0.3 is 0 Å². The Kier molecular flexibility index (Phi) is 4.05. The van der Waals surface area contributed by atoms with Gasteiger partial charge in [-0.25, -0.2) is 13.4 Å². The van der Waals surface area contributed by atoms with Crippen molar-refractivity contribution in [1.29, 1.82) is 0 Å². The van der Waals surface area contributed by atoms with Crippen LogP contribution >= 0.6 is 0 Å². The molecule has 110 valence electrons. The lowest BCUT2D eigenvalue weighted by atomic mass is 9.95. The second-order valence-corrected chi connectivity index (χ2v) is 7.35. The summed E-state index contributed by atoms with van der Waals surface area (Å²) in [5, 5.41) is 0.137. The van der Waals surface area contributed by atoms with E-state index >= 15 is 0 Å². The van der Waals surface area contributed by atoms with Gasteiger partial charge in [-0.1, -0.05) is 6.07 Å². The Labute approximate surface area is 120 Å². The molecule has 2 fully saturated rings. The molecule has 0 radical (unpaired) electrons. The van der Waals surface area contributed by atoms with Gasteiger partial charge in [0.05, 0.1) is 12.2 Å². The Morgan fingerprint density at radius 2 is 1.80 bits per heavy atom. The molecule has 0 amide bonds. The smallest absolute Gasteiger partial charge is 0.260 e. The maximum absolute atomic E-state index is 12.4. The van der Waals surface area contributed by atoms with Crippen LogP contribution in [-0.2, 0) is 14.8 Å². The minimum Gasteiger partial charge on any atom is -0.375 e. The molecule has 20 heavy (non-hydrogen) atoms. The van der Waals surface area contributed by atoms with Crippen LogP contribution in [-0.4, -0.2) is 43.0 Å². The van der Waals surface area contributed by atoms with Crippen LogP contribution in [0, 0.1) is 0 Å². The molecule has 6 heteroatoms. The van der Waals surface area contributed by atoms with Crippen LogP contribution in [0.5, 0.6) is 0 Å². The van der Waals surface area contributed by atoms with E-state index in [0.717, 1.165) is 25.7 Å². The molecule has 0 N–H and O–H groups in total. The quantitative estimate of drug-likeness (QED) is 0.850. The molecule has 0 atom stereocenters. The Bertz CT molecular complexity index is 535. The second-order valence-electron chi connectivity index (χ2n) is 5.46. The summed E-state index contributed by atoms with van der Waals surface area (Å²) in [6.07, 6.45) is 7.29.